The number of alkyl halides is 1. The minimum absolute atomic E-state index is 0.190. The molecule has 0 unspecified atom stereocenters. The van der Waals surface area contributed by atoms with Crippen molar-refractivity contribution >= 4 is 22.6 Å². The Balaban J connectivity index is 2.21. The van der Waals surface area contributed by atoms with Crippen LogP contribution in [0.2, 0.25) is 0 Å². The van der Waals surface area contributed by atoms with Crippen LogP contribution in [0.3, 0.4) is 0 Å². The zero-order chi connectivity index (χ0) is 6.20. The Kier molecular flexibility index (Phi) is 1.82. The minimum Gasteiger partial charge on any atom is -0.371 e. The van der Waals surface area contributed by atoms with E-state index in [0.29, 0.717) is 6.10 Å². The van der Waals surface area contributed by atoms with Gasteiger partial charge in [0.1, 0.15) is 0 Å². The molecule has 0 spiro atoms. The fourth-order valence-corrected chi connectivity index (χ4v) is 1.57. The van der Waals surface area contributed by atoms with Gasteiger partial charge in [0.15, 0.2) is 0 Å². The van der Waals surface area contributed by atoms with Gasteiger partial charge in [0, 0.05) is 10.8 Å². The lowest BCUT2D eigenvalue weighted by atomic mass is 9.94. The first-order valence-electron chi connectivity index (χ1n) is 2.88. The van der Waals surface area contributed by atoms with Crippen LogP contribution in [0.4, 0.5) is 0 Å². The van der Waals surface area contributed by atoms with Crippen LogP contribution in [0.1, 0.15) is 20.3 Å². The molecule has 0 N–H and O–H groups in total. The number of rotatable bonds is 1. The predicted molar refractivity (Wildman–Crippen MR) is 42.5 cm³/mol. The highest BCUT2D eigenvalue weighted by Crippen LogP contribution is 2.32. The quantitative estimate of drug-likeness (QED) is 0.490. The molecule has 1 nitrogen and oxygen atoms in total. The minimum atomic E-state index is 0.190. The van der Waals surface area contributed by atoms with Crippen molar-refractivity contribution in [2.24, 2.45) is 0 Å². The summed E-state index contributed by atoms with van der Waals surface area (Å²) in [6.07, 6.45) is 1.78. The standard InChI is InChI=1S/C6H11IO/c1-6(2)3-5(4-7)8-6/h5H,3-4H2,1-2H3/t5-/m0/s1. The topological polar surface area (TPSA) is 9.23 Å². The van der Waals surface area contributed by atoms with E-state index in [1.807, 2.05) is 0 Å². The van der Waals surface area contributed by atoms with Crippen LogP contribution in [-0.2, 0) is 4.74 Å². The van der Waals surface area contributed by atoms with Gasteiger partial charge < -0.3 is 4.74 Å². The summed E-state index contributed by atoms with van der Waals surface area (Å²) in [6.45, 7) is 4.27. The Morgan fingerprint density at radius 3 is 2.38 bits per heavy atom. The van der Waals surface area contributed by atoms with Gasteiger partial charge in [-0.15, -0.1) is 0 Å². The Hall–Kier alpha value is 0.690. The lowest BCUT2D eigenvalue weighted by molar-refractivity contribution is -0.171. The van der Waals surface area contributed by atoms with Gasteiger partial charge in [0.25, 0.3) is 0 Å². The number of ether oxygens (including phenoxy) is 1. The van der Waals surface area contributed by atoms with Crippen molar-refractivity contribution in [1.82, 2.24) is 0 Å². The van der Waals surface area contributed by atoms with Gasteiger partial charge >= 0.3 is 0 Å². The van der Waals surface area contributed by atoms with E-state index in [9.17, 15) is 0 Å². The summed E-state index contributed by atoms with van der Waals surface area (Å²) in [7, 11) is 0. The largest absolute Gasteiger partial charge is 0.371 e. The van der Waals surface area contributed by atoms with Crippen LogP contribution < -0.4 is 0 Å². The molecular weight excluding hydrogens is 215 g/mol. The summed E-state index contributed by atoms with van der Waals surface area (Å²) >= 11 is 2.36. The average molecular weight is 226 g/mol. The van der Waals surface area contributed by atoms with Crippen LogP contribution in [0.25, 0.3) is 0 Å². The molecule has 1 fully saturated rings. The lowest BCUT2D eigenvalue weighted by Gasteiger charge is -2.42. The normalized spacial score (nSPS) is 34.1. The zero-order valence-electron chi connectivity index (χ0n) is 5.28. The third kappa shape index (κ3) is 1.35. The summed E-state index contributed by atoms with van der Waals surface area (Å²) in [6, 6.07) is 0. The smallest absolute Gasteiger partial charge is 0.0699 e. The first-order chi connectivity index (χ1) is 3.64. The molecule has 0 aromatic rings. The van der Waals surface area contributed by atoms with Crippen molar-refractivity contribution < 1.29 is 4.74 Å². The maximum absolute atomic E-state index is 5.47. The van der Waals surface area contributed by atoms with Gasteiger partial charge in [0.2, 0.25) is 0 Å². The maximum Gasteiger partial charge on any atom is 0.0699 e. The van der Waals surface area contributed by atoms with Crippen molar-refractivity contribution in [3.63, 3.8) is 0 Å². The van der Waals surface area contributed by atoms with Crippen molar-refractivity contribution in [3.05, 3.63) is 0 Å². The third-order valence-electron chi connectivity index (χ3n) is 1.38. The van der Waals surface area contributed by atoms with Gasteiger partial charge in [-0.2, -0.15) is 0 Å². The van der Waals surface area contributed by atoms with E-state index >= 15 is 0 Å². The molecule has 0 radical (unpaired) electrons. The Labute approximate surface area is 63.9 Å². The molecule has 0 aliphatic carbocycles. The van der Waals surface area contributed by atoms with Crippen molar-refractivity contribution in [1.29, 1.82) is 0 Å². The van der Waals surface area contributed by atoms with Crippen LogP contribution in [0.15, 0.2) is 0 Å². The van der Waals surface area contributed by atoms with E-state index in [1.165, 1.54) is 6.42 Å². The number of hydrogen-bond donors (Lipinski definition) is 0. The molecule has 1 atom stereocenters. The van der Waals surface area contributed by atoms with E-state index in [0.717, 1.165) is 4.43 Å². The molecule has 0 aromatic heterocycles. The summed E-state index contributed by atoms with van der Waals surface area (Å²) in [4.78, 5) is 0. The number of hydrogen-bond acceptors (Lipinski definition) is 1. The van der Waals surface area contributed by atoms with Crippen molar-refractivity contribution in [2.75, 3.05) is 4.43 Å². The van der Waals surface area contributed by atoms with Crippen molar-refractivity contribution in [2.45, 2.75) is 32.0 Å². The monoisotopic (exact) mass is 226 g/mol. The van der Waals surface area contributed by atoms with Crippen LogP contribution in [0, 0.1) is 0 Å². The van der Waals surface area contributed by atoms with Gasteiger partial charge in [-0.25, -0.2) is 0 Å². The molecule has 48 valence electrons. The molecule has 1 saturated heterocycles. The molecule has 1 aliphatic heterocycles. The molecule has 1 rings (SSSR count). The first-order valence-corrected chi connectivity index (χ1v) is 4.40. The zero-order valence-corrected chi connectivity index (χ0v) is 7.44. The number of halogens is 1. The molecular formula is C6H11IO. The van der Waals surface area contributed by atoms with E-state index in [4.69, 9.17) is 4.74 Å². The Morgan fingerprint density at radius 2 is 2.25 bits per heavy atom. The third-order valence-corrected chi connectivity index (χ3v) is 2.36. The second kappa shape index (κ2) is 2.14. The van der Waals surface area contributed by atoms with Crippen molar-refractivity contribution in [3.8, 4) is 0 Å². The second-order valence-electron chi connectivity index (χ2n) is 2.86. The van der Waals surface area contributed by atoms with Gasteiger partial charge in [-0.3, -0.25) is 0 Å². The Bertz CT molecular complexity index is 82.5. The molecule has 0 aromatic carbocycles. The van der Waals surface area contributed by atoms with Gasteiger partial charge in [0.05, 0.1) is 11.7 Å². The summed E-state index contributed by atoms with van der Waals surface area (Å²) in [5.74, 6) is 0. The van der Waals surface area contributed by atoms with E-state index in [-0.39, 0.29) is 5.60 Å². The van der Waals surface area contributed by atoms with E-state index in [2.05, 4.69) is 36.4 Å². The SMILES string of the molecule is CC1(C)C[C@@H](CI)O1. The van der Waals surface area contributed by atoms with E-state index in [1.54, 1.807) is 0 Å². The first kappa shape index (κ1) is 6.81. The molecule has 0 amide bonds. The molecule has 8 heavy (non-hydrogen) atoms. The van der Waals surface area contributed by atoms with E-state index < -0.39 is 0 Å². The molecule has 0 saturated carbocycles. The average Bonchev–Trinajstić information content (AvgIpc) is 1.60. The summed E-state index contributed by atoms with van der Waals surface area (Å²) < 4.78 is 6.61. The van der Waals surface area contributed by atoms with Crippen LogP contribution >= 0.6 is 22.6 Å². The fourth-order valence-electron chi connectivity index (χ4n) is 1.08. The summed E-state index contributed by atoms with van der Waals surface area (Å²) in [5.41, 5.74) is 0.190. The second-order valence-corrected chi connectivity index (χ2v) is 3.74. The highest BCUT2D eigenvalue weighted by Gasteiger charge is 2.35. The van der Waals surface area contributed by atoms with Gasteiger partial charge in [-0.1, -0.05) is 22.6 Å². The van der Waals surface area contributed by atoms with Crippen LogP contribution in [0.5, 0.6) is 0 Å². The fraction of sp³-hybridized carbons (Fsp3) is 1.00. The molecule has 2 heteroatoms. The maximum atomic E-state index is 5.47. The van der Waals surface area contributed by atoms with Crippen LogP contribution in [-0.4, -0.2) is 16.1 Å². The highest BCUT2D eigenvalue weighted by molar-refractivity contribution is 14.1. The predicted octanol–water partition coefficient (Wildman–Crippen LogP) is 1.99. The molecule has 0 bridgehead atoms. The molecule has 1 heterocycles. The highest BCUT2D eigenvalue weighted by atomic mass is 127. The van der Waals surface area contributed by atoms with Gasteiger partial charge in [-0.05, 0) is 13.8 Å². The molecule has 1 aliphatic rings. The summed E-state index contributed by atoms with van der Waals surface area (Å²) in [5, 5.41) is 0. The lowest BCUT2D eigenvalue weighted by Crippen LogP contribution is -2.46. The Morgan fingerprint density at radius 1 is 1.75 bits per heavy atom.